The first-order valence-corrected chi connectivity index (χ1v) is 6.16. The van der Waals surface area contributed by atoms with E-state index in [0.29, 0.717) is 5.56 Å². The predicted octanol–water partition coefficient (Wildman–Crippen LogP) is 3.28. The number of aromatic carboxylic acids is 1. The summed E-state index contributed by atoms with van der Waals surface area (Å²) in [6.45, 7) is 1.62. The molecule has 21 heavy (non-hydrogen) atoms. The smallest absolute Gasteiger partial charge is 0.339 e. The quantitative estimate of drug-likeness (QED) is 0.935. The second kappa shape index (κ2) is 6.06. The highest BCUT2D eigenvalue weighted by Crippen LogP contribution is 2.22. The maximum atomic E-state index is 13.6. The van der Waals surface area contributed by atoms with E-state index in [0.717, 1.165) is 5.56 Å². The molecule has 0 amide bonds. The lowest BCUT2D eigenvalue weighted by Crippen LogP contribution is -2.05. The van der Waals surface area contributed by atoms with Crippen molar-refractivity contribution in [2.45, 2.75) is 13.5 Å². The van der Waals surface area contributed by atoms with Crippen molar-refractivity contribution in [3.8, 4) is 11.8 Å². The Morgan fingerprint density at radius 2 is 2.10 bits per heavy atom. The maximum absolute atomic E-state index is 13.6. The van der Waals surface area contributed by atoms with E-state index in [1.807, 2.05) is 6.07 Å². The fourth-order valence-electron chi connectivity index (χ4n) is 1.85. The van der Waals surface area contributed by atoms with Crippen LogP contribution in [0.25, 0.3) is 0 Å². The minimum absolute atomic E-state index is 0.0202. The van der Waals surface area contributed by atoms with Crippen LogP contribution in [-0.2, 0) is 6.61 Å². The highest BCUT2D eigenvalue weighted by atomic mass is 19.1. The molecular formula is C16H12FNO3. The van der Waals surface area contributed by atoms with Crippen LogP contribution in [0, 0.1) is 24.1 Å². The molecule has 0 aliphatic heterocycles. The lowest BCUT2D eigenvalue weighted by molar-refractivity contribution is 0.0691. The number of ether oxygens (including phenoxy) is 1. The van der Waals surface area contributed by atoms with Crippen LogP contribution in [0.15, 0.2) is 36.4 Å². The van der Waals surface area contributed by atoms with Gasteiger partial charge < -0.3 is 9.84 Å². The zero-order valence-corrected chi connectivity index (χ0v) is 11.3. The fraction of sp³-hybridized carbons (Fsp3) is 0.125. The lowest BCUT2D eigenvalue weighted by atomic mass is 10.1. The van der Waals surface area contributed by atoms with Gasteiger partial charge in [0.2, 0.25) is 0 Å². The molecule has 0 saturated carbocycles. The van der Waals surface area contributed by atoms with E-state index in [4.69, 9.17) is 15.1 Å². The Morgan fingerprint density at radius 1 is 1.33 bits per heavy atom. The van der Waals surface area contributed by atoms with Gasteiger partial charge in [-0.3, -0.25) is 0 Å². The number of carboxylic acid groups (broad SMARTS) is 1. The molecule has 0 radical (unpaired) electrons. The van der Waals surface area contributed by atoms with Gasteiger partial charge in [-0.05, 0) is 37.3 Å². The molecule has 0 heterocycles. The first kappa shape index (κ1) is 14.5. The SMILES string of the molecule is Cc1ccc(OCc2cc(C#N)ccc2F)c(C(=O)O)c1. The monoisotopic (exact) mass is 285 g/mol. The Kier molecular flexibility index (Phi) is 4.19. The van der Waals surface area contributed by atoms with Crippen molar-refractivity contribution in [2.24, 2.45) is 0 Å². The van der Waals surface area contributed by atoms with E-state index in [2.05, 4.69) is 0 Å². The summed E-state index contributed by atoms with van der Waals surface area (Å²) in [4.78, 5) is 11.2. The van der Waals surface area contributed by atoms with Crippen molar-refractivity contribution >= 4 is 5.97 Å². The van der Waals surface area contributed by atoms with Gasteiger partial charge >= 0.3 is 5.97 Å². The summed E-state index contributed by atoms with van der Waals surface area (Å²) in [5.41, 5.74) is 1.33. The summed E-state index contributed by atoms with van der Waals surface area (Å²) in [5.74, 6) is -1.45. The first-order chi connectivity index (χ1) is 10.0. The number of hydrogen-bond donors (Lipinski definition) is 1. The molecule has 5 heteroatoms. The van der Waals surface area contributed by atoms with Gasteiger partial charge in [-0.15, -0.1) is 0 Å². The van der Waals surface area contributed by atoms with Gasteiger partial charge in [0.15, 0.2) is 0 Å². The van der Waals surface area contributed by atoms with Gasteiger partial charge in [0, 0.05) is 5.56 Å². The topological polar surface area (TPSA) is 70.3 Å². The van der Waals surface area contributed by atoms with E-state index in [1.165, 1.54) is 30.3 Å². The molecule has 2 aromatic rings. The number of carboxylic acids is 1. The summed E-state index contributed by atoms with van der Waals surface area (Å²) < 4.78 is 19.0. The summed E-state index contributed by atoms with van der Waals surface area (Å²) in [7, 11) is 0. The van der Waals surface area contributed by atoms with Gasteiger partial charge in [-0.2, -0.15) is 5.26 Å². The molecule has 0 bridgehead atoms. The highest BCUT2D eigenvalue weighted by Gasteiger charge is 2.12. The van der Waals surface area contributed by atoms with Crippen molar-refractivity contribution in [1.29, 1.82) is 5.26 Å². The molecule has 1 N–H and O–H groups in total. The second-order valence-corrected chi connectivity index (χ2v) is 4.51. The predicted molar refractivity (Wildman–Crippen MR) is 73.6 cm³/mol. The zero-order chi connectivity index (χ0) is 15.4. The number of rotatable bonds is 4. The molecule has 4 nitrogen and oxygen atoms in total. The third kappa shape index (κ3) is 3.37. The molecule has 0 fully saturated rings. The van der Waals surface area contributed by atoms with Gasteiger partial charge in [0.05, 0.1) is 11.6 Å². The average molecular weight is 285 g/mol. The Hall–Kier alpha value is -2.87. The molecule has 0 aliphatic rings. The molecule has 106 valence electrons. The first-order valence-electron chi connectivity index (χ1n) is 6.16. The number of nitrogens with zero attached hydrogens (tertiary/aromatic N) is 1. The molecule has 2 aromatic carbocycles. The van der Waals surface area contributed by atoms with Crippen LogP contribution >= 0.6 is 0 Å². The van der Waals surface area contributed by atoms with Gasteiger partial charge in [-0.25, -0.2) is 9.18 Å². The van der Waals surface area contributed by atoms with E-state index in [1.54, 1.807) is 13.0 Å². The van der Waals surface area contributed by atoms with Gasteiger partial charge in [0.25, 0.3) is 0 Å². The average Bonchev–Trinajstić information content (AvgIpc) is 2.47. The van der Waals surface area contributed by atoms with Crippen molar-refractivity contribution in [3.05, 3.63) is 64.5 Å². The summed E-state index contributed by atoms with van der Waals surface area (Å²) >= 11 is 0. The van der Waals surface area contributed by atoms with Gasteiger partial charge in [0.1, 0.15) is 23.7 Å². The van der Waals surface area contributed by atoms with Crippen LogP contribution in [0.3, 0.4) is 0 Å². The normalized spacial score (nSPS) is 9.95. The lowest BCUT2D eigenvalue weighted by Gasteiger charge is -2.10. The third-order valence-corrected chi connectivity index (χ3v) is 2.92. The Labute approximate surface area is 121 Å². The Morgan fingerprint density at radius 3 is 2.76 bits per heavy atom. The largest absolute Gasteiger partial charge is 0.488 e. The van der Waals surface area contributed by atoms with Crippen molar-refractivity contribution < 1.29 is 19.0 Å². The number of benzene rings is 2. The molecule has 2 rings (SSSR count). The Bertz CT molecular complexity index is 735. The minimum atomic E-state index is -1.11. The van der Waals surface area contributed by atoms with E-state index < -0.39 is 11.8 Å². The molecule has 0 aromatic heterocycles. The van der Waals surface area contributed by atoms with E-state index in [-0.39, 0.29) is 23.5 Å². The van der Waals surface area contributed by atoms with Crippen molar-refractivity contribution in [2.75, 3.05) is 0 Å². The molecule has 0 aliphatic carbocycles. The van der Waals surface area contributed by atoms with Crippen LogP contribution < -0.4 is 4.74 Å². The van der Waals surface area contributed by atoms with Crippen LogP contribution in [0.5, 0.6) is 5.75 Å². The number of aryl methyl sites for hydroxylation is 1. The number of halogens is 1. The van der Waals surface area contributed by atoms with Crippen LogP contribution in [-0.4, -0.2) is 11.1 Å². The van der Waals surface area contributed by atoms with E-state index in [9.17, 15) is 9.18 Å². The molecule has 0 spiro atoms. The second-order valence-electron chi connectivity index (χ2n) is 4.51. The number of hydrogen-bond acceptors (Lipinski definition) is 3. The third-order valence-electron chi connectivity index (χ3n) is 2.92. The minimum Gasteiger partial charge on any atom is -0.488 e. The highest BCUT2D eigenvalue weighted by molar-refractivity contribution is 5.91. The van der Waals surface area contributed by atoms with Crippen LogP contribution in [0.2, 0.25) is 0 Å². The van der Waals surface area contributed by atoms with Crippen molar-refractivity contribution in [3.63, 3.8) is 0 Å². The molecule has 0 saturated heterocycles. The number of carbonyl (C=O) groups is 1. The van der Waals surface area contributed by atoms with Crippen LogP contribution in [0.4, 0.5) is 4.39 Å². The standard InChI is InChI=1S/C16H12FNO3/c1-10-2-5-15(13(6-10)16(19)20)21-9-12-7-11(8-18)3-4-14(12)17/h2-7H,9H2,1H3,(H,19,20). The molecule has 0 unspecified atom stereocenters. The fourth-order valence-corrected chi connectivity index (χ4v) is 1.85. The summed E-state index contributed by atoms with van der Waals surface area (Å²) in [5, 5.41) is 17.9. The summed E-state index contributed by atoms with van der Waals surface area (Å²) in [6, 6.07) is 10.6. The van der Waals surface area contributed by atoms with Crippen molar-refractivity contribution in [1.82, 2.24) is 0 Å². The maximum Gasteiger partial charge on any atom is 0.339 e. The Balaban J connectivity index is 2.25. The van der Waals surface area contributed by atoms with Gasteiger partial charge in [-0.1, -0.05) is 11.6 Å². The summed E-state index contributed by atoms with van der Waals surface area (Å²) in [6.07, 6.45) is 0. The van der Waals surface area contributed by atoms with Crippen LogP contribution in [0.1, 0.15) is 27.0 Å². The number of nitriles is 1. The molecule has 0 atom stereocenters. The van der Waals surface area contributed by atoms with E-state index >= 15 is 0 Å². The molecular weight excluding hydrogens is 273 g/mol. The zero-order valence-electron chi connectivity index (χ0n) is 11.3.